The van der Waals surface area contributed by atoms with E-state index in [0.717, 1.165) is 57.6 Å². The molecule has 0 saturated carbocycles. The van der Waals surface area contributed by atoms with Crippen molar-refractivity contribution in [3.8, 4) is 0 Å². The average molecular weight is 435 g/mol. The van der Waals surface area contributed by atoms with Crippen molar-refractivity contribution in [3.05, 3.63) is 59.7 Å². The third-order valence-electron chi connectivity index (χ3n) is 7.36. The topological polar surface area (TPSA) is 61.5 Å². The van der Waals surface area contributed by atoms with E-state index in [1.807, 2.05) is 11.0 Å². The quantitative estimate of drug-likeness (QED) is 0.679. The van der Waals surface area contributed by atoms with Crippen molar-refractivity contribution >= 4 is 12.0 Å². The molecule has 1 atom stereocenters. The zero-order valence-corrected chi connectivity index (χ0v) is 18.8. The van der Waals surface area contributed by atoms with E-state index in [0.29, 0.717) is 18.5 Å². The van der Waals surface area contributed by atoms with Crippen molar-refractivity contribution in [3.63, 3.8) is 0 Å². The smallest absolute Gasteiger partial charge is 0.246 e. The minimum Gasteiger partial charge on any atom is -0.376 e. The number of fused-ring (bicyclic) bond motifs is 1. The molecule has 5 rings (SSSR count). The molecular weight excluding hydrogens is 400 g/mol. The Bertz CT molecular complexity index is 887. The first kappa shape index (κ1) is 21.4. The Morgan fingerprint density at radius 1 is 1.16 bits per heavy atom. The molecule has 1 N–H and O–H groups in total. The number of imidazole rings is 1. The van der Waals surface area contributed by atoms with Gasteiger partial charge in [-0.3, -0.25) is 9.69 Å². The number of carbonyl (C=O) groups is 1. The number of carbonyl (C=O) groups excluding carboxylic acids is 1. The van der Waals surface area contributed by atoms with Crippen LogP contribution in [0.25, 0.3) is 6.08 Å². The second-order valence-electron chi connectivity index (χ2n) is 9.53. The van der Waals surface area contributed by atoms with Gasteiger partial charge in [0.1, 0.15) is 0 Å². The highest BCUT2D eigenvalue weighted by Gasteiger charge is 2.31. The lowest BCUT2D eigenvalue weighted by Crippen LogP contribution is -2.46. The Kier molecular flexibility index (Phi) is 6.69. The average Bonchev–Trinajstić information content (AvgIpc) is 3.59. The molecule has 1 aliphatic carbocycles. The van der Waals surface area contributed by atoms with Crippen LogP contribution in [0.3, 0.4) is 0 Å². The summed E-state index contributed by atoms with van der Waals surface area (Å²) in [5.74, 6) is 0.629. The Morgan fingerprint density at radius 2 is 1.94 bits per heavy atom. The fraction of sp³-hybridized carbons (Fsp3) is 0.538. The molecule has 6 nitrogen and oxygen atoms in total. The first-order chi connectivity index (χ1) is 15.7. The van der Waals surface area contributed by atoms with Crippen molar-refractivity contribution in [2.24, 2.45) is 5.92 Å². The molecular formula is C26H34N4O2. The first-order valence-corrected chi connectivity index (χ1v) is 12.1. The van der Waals surface area contributed by atoms with E-state index in [1.165, 1.54) is 24.0 Å². The molecule has 32 heavy (non-hydrogen) atoms. The number of nitrogens with zero attached hydrogens (tertiary/aromatic N) is 3. The van der Waals surface area contributed by atoms with Crippen molar-refractivity contribution in [2.45, 2.75) is 50.7 Å². The Hall–Kier alpha value is -2.44. The maximum atomic E-state index is 13.0. The molecule has 0 spiro atoms. The normalized spacial score (nSPS) is 22.6. The lowest BCUT2D eigenvalue weighted by atomic mass is 9.94. The molecule has 2 aromatic rings. The molecule has 3 aliphatic rings. The maximum absolute atomic E-state index is 13.0. The number of nitrogens with one attached hydrogen (secondary N) is 1. The van der Waals surface area contributed by atoms with E-state index >= 15 is 0 Å². The summed E-state index contributed by atoms with van der Waals surface area (Å²) in [6, 6.07) is 9.54. The minimum absolute atomic E-state index is 0.0729. The number of hydrogen-bond acceptors (Lipinski definition) is 4. The second-order valence-corrected chi connectivity index (χ2v) is 9.53. The van der Waals surface area contributed by atoms with Gasteiger partial charge in [0.2, 0.25) is 5.91 Å². The van der Waals surface area contributed by atoms with Gasteiger partial charge in [0, 0.05) is 31.8 Å². The van der Waals surface area contributed by atoms with Crippen LogP contribution in [0.2, 0.25) is 0 Å². The van der Waals surface area contributed by atoms with Gasteiger partial charge in [0.15, 0.2) is 0 Å². The third-order valence-corrected chi connectivity index (χ3v) is 7.36. The lowest BCUT2D eigenvalue weighted by molar-refractivity contribution is -0.128. The second kappa shape index (κ2) is 10.0. The number of hydrogen-bond donors (Lipinski definition) is 1. The highest BCUT2D eigenvalue weighted by atomic mass is 16.5. The third kappa shape index (κ3) is 5.13. The summed E-state index contributed by atoms with van der Waals surface area (Å²) in [7, 11) is 0. The highest BCUT2D eigenvalue weighted by molar-refractivity contribution is 5.91. The standard InChI is InChI=1S/C26H34N4O2/c31-26(8-7-23-16-27-19-28-23)30(18-25-6-3-13-32-25)17-20-9-11-29(12-10-20)24-14-21-4-1-2-5-22(21)15-24/h1-2,4-5,7-8,16,19-20,24-25H,3,6,9-15,17-18H2,(H,27,28). The number of H-pyrrole nitrogens is 1. The van der Waals surface area contributed by atoms with Crippen LogP contribution in [0.15, 0.2) is 42.9 Å². The molecule has 1 unspecified atom stereocenters. The lowest BCUT2D eigenvalue weighted by Gasteiger charge is -2.38. The van der Waals surface area contributed by atoms with Crippen LogP contribution in [-0.2, 0) is 22.4 Å². The Labute approximate surface area is 190 Å². The van der Waals surface area contributed by atoms with Crippen molar-refractivity contribution in [1.29, 1.82) is 0 Å². The number of rotatable bonds is 7. The van der Waals surface area contributed by atoms with Crippen LogP contribution < -0.4 is 0 Å². The summed E-state index contributed by atoms with van der Waals surface area (Å²) in [5.41, 5.74) is 3.90. The van der Waals surface area contributed by atoms with Crippen LogP contribution in [0.4, 0.5) is 0 Å². The molecule has 2 fully saturated rings. The van der Waals surface area contributed by atoms with Gasteiger partial charge in [0.05, 0.1) is 24.3 Å². The number of benzene rings is 1. The van der Waals surface area contributed by atoms with Crippen LogP contribution in [0, 0.1) is 5.92 Å². The summed E-state index contributed by atoms with van der Waals surface area (Å²) < 4.78 is 5.85. The van der Waals surface area contributed by atoms with E-state index in [4.69, 9.17) is 4.74 Å². The zero-order chi connectivity index (χ0) is 21.8. The molecule has 1 aromatic heterocycles. The predicted molar refractivity (Wildman–Crippen MR) is 125 cm³/mol. The van der Waals surface area contributed by atoms with E-state index in [1.54, 1.807) is 18.6 Å². The predicted octanol–water partition coefficient (Wildman–Crippen LogP) is 3.31. The monoisotopic (exact) mass is 434 g/mol. The van der Waals surface area contributed by atoms with Gasteiger partial charge >= 0.3 is 0 Å². The van der Waals surface area contributed by atoms with Crippen LogP contribution in [-0.4, -0.2) is 70.6 Å². The van der Waals surface area contributed by atoms with Gasteiger partial charge in [-0.1, -0.05) is 24.3 Å². The van der Waals surface area contributed by atoms with E-state index < -0.39 is 0 Å². The summed E-state index contributed by atoms with van der Waals surface area (Å²) in [5, 5.41) is 0. The molecule has 0 bridgehead atoms. The van der Waals surface area contributed by atoms with Gasteiger partial charge in [-0.25, -0.2) is 4.98 Å². The van der Waals surface area contributed by atoms with E-state index in [9.17, 15) is 4.79 Å². The Morgan fingerprint density at radius 3 is 2.59 bits per heavy atom. The molecule has 1 amide bonds. The number of aromatic nitrogens is 2. The summed E-state index contributed by atoms with van der Waals surface area (Å²) >= 11 is 0. The number of likely N-dealkylation sites (tertiary alicyclic amines) is 1. The molecule has 3 heterocycles. The molecule has 2 aliphatic heterocycles. The highest BCUT2D eigenvalue weighted by Crippen LogP contribution is 2.29. The largest absolute Gasteiger partial charge is 0.376 e. The van der Waals surface area contributed by atoms with Crippen molar-refractivity contribution < 1.29 is 9.53 Å². The van der Waals surface area contributed by atoms with E-state index in [2.05, 4.69) is 39.1 Å². The minimum atomic E-state index is 0.0729. The SMILES string of the molecule is O=C(C=Cc1cnc[nH]1)N(CC1CCN(C2Cc3ccccc3C2)CC1)CC1CCCO1. The fourth-order valence-electron chi connectivity index (χ4n) is 5.52. The number of amides is 1. The summed E-state index contributed by atoms with van der Waals surface area (Å²) in [6.45, 7) is 4.61. The van der Waals surface area contributed by atoms with Gasteiger partial charge in [-0.05, 0) is 74.7 Å². The van der Waals surface area contributed by atoms with Crippen LogP contribution in [0.1, 0.15) is 42.5 Å². The van der Waals surface area contributed by atoms with Crippen molar-refractivity contribution in [2.75, 3.05) is 32.8 Å². The molecule has 170 valence electrons. The zero-order valence-electron chi connectivity index (χ0n) is 18.8. The van der Waals surface area contributed by atoms with E-state index in [-0.39, 0.29) is 12.0 Å². The number of ether oxygens (including phenoxy) is 1. The molecule has 0 radical (unpaired) electrons. The van der Waals surface area contributed by atoms with Crippen LogP contribution in [0.5, 0.6) is 0 Å². The van der Waals surface area contributed by atoms with Gasteiger partial charge in [-0.15, -0.1) is 0 Å². The summed E-state index contributed by atoms with van der Waals surface area (Å²) in [6.07, 6.45) is 13.9. The maximum Gasteiger partial charge on any atom is 0.246 e. The van der Waals surface area contributed by atoms with Gasteiger partial charge in [0.25, 0.3) is 0 Å². The summed E-state index contributed by atoms with van der Waals surface area (Å²) in [4.78, 5) is 24.8. The fourth-order valence-corrected chi connectivity index (χ4v) is 5.52. The molecule has 6 heteroatoms. The Balaban J connectivity index is 1.16. The van der Waals surface area contributed by atoms with Crippen molar-refractivity contribution in [1.82, 2.24) is 19.8 Å². The van der Waals surface area contributed by atoms with Crippen LogP contribution >= 0.6 is 0 Å². The first-order valence-electron chi connectivity index (χ1n) is 12.1. The molecule has 1 aromatic carbocycles. The number of aromatic amines is 1. The molecule has 2 saturated heterocycles. The number of piperidine rings is 1. The van der Waals surface area contributed by atoms with Gasteiger partial charge < -0.3 is 14.6 Å². The van der Waals surface area contributed by atoms with Gasteiger partial charge in [-0.2, -0.15) is 0 Å².